The highest BCUT2D eigenvalue weighted by Crippen LogP contribution is 2.27. The number of amides is 1. The van der Waals surface area contributed by atoms with Crippen LogP contribution in [0.4, 0.5) is 0 Å². The van der Waals surface area contributed by atoms with Gasteiger partial charge in [0.25, 0.3) is 0 Å². The van der Waals surface area contributed by atoms with Crippen LogP contribution in [0.15, 0.2) is 35.2 Å². The van der Waals surface area contributed by atoms with Crippen LogP contribution >= 0.6 is 0 Å². The number of rotatable bonds is 6. The minimum atomic E-state index is -3.61. The summed E-state index contributed by atoms with van der Waals surface area (Å²) in [6, 6.07) is 7.82. The fourth-order valence-electron chi connectivity index (χ4n) is 4.01. The van der Waals surface area contributed by atoms with E-state index in [1.807, 2.05) is 0 Å². The van der Waals surface area contributed by atoms with Crippen molar-refractivity contribution in [3.05, 3.63) is 30.3 Å². The summed E-state index contributed by atoms with van der Waals surface area (Å²) in [5.74, 6) is 0.564. The Morgan fingerprint density at radius 3 is 2.48 bits per heavy atom. The number of hydrogen-bond donors (Lipinski definition) is 1. The zero-order valence-electron chi connectivity index (χ0n) is 14.7. The van der Waals surface area contributed by atoms with Gasteiger partial charge in [0.2, 0.25) is 15.9 Å². The molecule has 3 rings (SSSR count). The molecule has 1 unspecified atom stereocenters. The molecular weight excluding hydrogens is 336 g/mol. The highest BCUT2D eigenvalue weighted by Gasteiger charge is 2.39. The molecule has 1 heterocycles. The second kappa shape index (κ2) is 8.32. The van der Waals surface area contributed by atoms with Gasteiger partial charge in [-0.15, -0.1) is 0 Å². The maximum absolute atomic E-state index is 12.8. The van der Waals surface area contributed by atoms with Crippen LogP contribution in [0.1, 0.15) is 51.4 Å². The molecule has 1 aromatic carbocycles. The molecule has 2 aliphatic rings. The van der Waals surface area contributed by atoms with Crippen LogP contribution in [-0.4, -0.2) is 37.8 Å². The molecule has 0 aromatic heterocycles. The van der Waals surface area contributed by atoms with Gasteiger partial charge in [0.05, 0.1) is 4.90 Å². The Morgan fingerprint density at radius 1 is 1.04 bits per heavy atom. The maximum Gasteiger partial charge on any atom is 0.243 e. The van der Waals surface area contributed by atoms with Crippen molar-refractivity contribution in [3.8, 4) is 0 Å². The molecule has 5 nitrogen and oxygen atoms in total. The summed E-state index contributed by atoms with van der Waals surface area (Å²) in [5, 5.41) is 2.98. The number of carbonyl (C=O) groups is 1. The van der Waals surface area contributed by atoms with E-state index in [4.69, 9.17) is 0 Å². The SMILES string of the molecule is O=C(NCCC1CCCCC1)C1CCCN1S(=O)(=O)c1ccccc1. The molecule has 1 N–H and O–H groups in total. The summed E-state index contributed by atoms with van der Waals surface area (Å²) >= 11 is 0. The molecule has 1 saturated carbocycles. The van der Waals surface area contributed by atoms with Crippen LogP contribution in [0.2, 0.25) is 0 Å². The third-order valence-electron chi connectivity index (χ3n) is 5.43. The molecule has 1 aliphatic carbocycles. The topological polar surface area (TPSA) is 66.5 Å². The van der Waals surface area contributed by atoms with Gasteiger partial charge in [-0.25, -0.2) is 8.42 Å². The number of benzene rings is 1. The predicted octanol–water partition coefficient (Wildman–Crippen LogP) is 2.93. The van der Waals surface area contributed by atoms with Crippen LogP contribution in [0.25, 0.3) is 0 Å². The highest BCUT2D eigenvalue weighted by molar-refractivity contribution is 7.89. The van der Waals surface area contributed by atoms with E-state index >= 15 is 0 Å². The van der Waals surface area contributed by atoms with Crippen molar-refractivity contribution in [1.82, 2.24) is 9.62 Å². The lowest BCUT2D eigenvalue weighted by atomic mass is 9.87. The van der Waals surface area contributed by atoms with Crippen molar-refractivity contribution in [2.24, 2.45) is 5.92 Å². The van der Waals surface area contributed by atoms with Crippen LogP contribution in [0, 0.1) is 5.92 Å². The van der Waals surface area contributed by atoms with Crippen molar-refractivity contribution in [2.45, 2.75) is 62.3 Å². The Morgan fingerprint density at radius 2 is 1.76 bits per heavy atom. The monoisotopic (exact) mass is 364 g/mol. The van der Waals surface area contributed by atoms with E-state index in [0.29, 0.717) is 25.4 Å². The zero-order valence-corrected chi connectivity index (χ0v) is 15.5. The Bertz CT molecular complexity index is 669. The molecule has 1 aliphatic heterocycles. The average molecular weight is 365 g/mol. The number of carbonyl (C=O) groups excluding carboxylic acids is 1. The van der Waals surface area contributed by atoms with Crippen molar-refractivity contribution in [3.63, 3.8) is 0 Å². The summed E-state index contributed by atoms with van der Waals surface area (Å²) in [4.78, 5) is 12.8. The van der Waals surface area contributed by atoms with Crippen molar-refractivity contribution < 1.29 is 13.2 Å². The van der Waals surface area contributed by atoms with E-state index in [2.05, 4.69) is 5.32 Å². The lowest BCUT2D eigenvalue weighted by Crippen LogP contribution is -2.46. The molecule has 0 bridgehead atoms. The minimum absolute atomic E-state index is 0.146. The molecule has 1 amide bonds. The van der Waals surface area contributed by atoms with Gasteiger partial charge >= 0.3 is 0 Å². The molecular formula is C19H28N2O3S. The Kier molecular flexibility index (Phi) is 6.12. The summed E-state index contributed by atoms with van der Waals surface area (Å²) < 4.78 is 27.0. The van der Waals surface area contributed by atoms with Crippen LogP contribution in [-0.2, 0) is 14.8 Å². The van der Waals surface area contributed by atoms with Crippen LogP contribution < -0.4 is 5.32 Å². The first-order valence-corrected chi connectivity index (χ1v) is 10.9. The third kappa shape index (κ3) is 4.42. The van der Waals surface area contributed by atoms with Crippen molar-refractivity contribution >= 4 is 15.9 Å². The fourth-order valence-corrected chi connectivity index (χ4v) is 5.69. The van der Waals surface area contributed by atoms with E-state index < -0.39 is 16.1 Å². The van der Waals surface area contributed by atoms with E-state index in [-0.39, 0.29) is 10.8 Å². The van der Waals surface area contributed by atoms with Gasteiger partial charge in [-0.2, -0.15) is 4.31 Å². The predicted molar refractivity (Wildman–Crippen MR) is 97.6 cm³/mol. The molecule has 0 spiro atoms. The molecule has 138 valence electrons. The zero-order chi connectivity index (χ0) is 17.7. The molecule has 1 atom stereocenters. The Hall–Kier alpha value is -1.40. The van der Waals surface area contributed by atoms with Crippen LogP contribution in [0.5, 0.6) is 0 Å². The summed E-state index contributed by atoms with van der Waals surface area (Å²) in [5.41, 5.74) is 0. The lowest BCUT2D eigenvalue weighted by Gasteiger charge is -2.25. The van der Waals surface area contributed by atoms with Gasteiger partial charge in [0.15, 0.2) is 0 Å². The highest BCUT2D eigenvalue weighted by atomic mass is 32.2. The molecule has 6 heteroatoms. The van der Waals surface area contributed by atoms with Crippen molar-refractivity contribution in [2.75, 3.05) is 13.1 Å². The number of sulfonamides is 1. The first-order chi connectivity index (χ1) is 12.1. The van der Waals surface area contributed by atoms with Gasteiger partial charge in [0, 0.05) is 13.1 Å². The fraction of sp³-hybridized carbons (Fsp3) is 0.632. The summed E-state index contributed by atoms with van der Waals surface area (Å²) in [7, 11) is -3.61. The number of hydrogen-bond acceptors (Lipinski definition) is 3. The average Bonchev–Trinajstić information content (AvgIpc) is 3.14. The van der Waals surface area contributed by atoms with Gasteiger partial charge in [0.1, 0.15) is 6.04 Å². The van der Waals surface area contributed by atoms with Gasteiger partial charge < -0.3 is 5.32 Å². The van der Waals surface area contributed by atoms with E-state index in [9.17, 15) is 13.2 Å². The first kappa shape index (κ1) is 18.4. The molecule has 1 saturated heterocycles. The molecule has 1 aromatic rings. The molecule has 2 fully saturated rings. The number of nitrogens with zero attached hydrogens (tertiary/aromatic N) is 1. The largest absolute Gasteiger partial charge is 0.355 e. The van der Waals surface area contributed by atoms with E-state index in [1.165, 1.54) is 36.4 Å². The summed E-state index contributed by atoms with van der Waals surface area (Å²) in [6.07, 6.45) is 8.77. The molecule has 0 radical (unpaired) electrons. The quantitative estimate of drug-likeness (QED) is 0.844. The molecule has 25 heavy (non-hydrogen) atoms. The maximum atomic E-state index is 12.8. The Balaban J connectivity index is 1.58. The van der Waals surface area contributed by atoms with Gasteiger partial charge in [-0.3, -0.25) is 4.79 Å². The van der Waals surface area contributed by atoms with E-state index in [0.717, 1.165) is 12.8 Å². The normalized spacial score (nSPS) is 22.8. The third-order valence-corrected chi connectivity index (χ3v) is 7.36. The number of nitrogens with one attached hydrogen (secondary N) is 1. The smallest absolute Gasteiger partial charge is 0.243 e. The van der Waals surface area contributed by atoms with E-state index in [1.54, 1.807) is 30.3 Å². The first-order valence-electron chi connectivity index (χ1n) is 9.43. The second-order valence-electron chi connectivity index (χ2n) is 7.17. The van der Waals surface area contributed by atoms with Gasteiger partial charge in [-0.1, -0.05) is 50.3 Å². The van der Waals surface area contributed by atoms with Crippen molar-refractivity contribution in [1.29, 1.82) is 0 Å². The van der Waals surface area contributed by atoms with Crippen LogP contribution in [0.3, 0.4) is 0 Å². The van der Waals surface area contributed by atoms with Gasteiger partial charge in [-0.05, 0) is 37.3 Å². The standard InChI is InChI=1S/C19H28N2O3S/c22-19(20-14-13-16-8-3-1-4-9-16)18-12-7-15-21(18)25(23,24)17-10-5-2-6-11-17/h2,5-6,10-11,16,18H,1,3-4,7-9,12-15H2,(H,20,22). The lowest BCUT2D eigenvalue weighted by molar-refractivity contribution is -0.124. The Labute approximate surface area is 150 Å². The summed E-state index contributed by atoms with van der Waals surface area (Å²) in [6.45, 7) is 1.07. The second-order valence-corrected chi connectivity index (χ2v) is 9.06. The minimum Gasteiger partial charge on any atom is -0.355 e.